The molecule has 0 unspecified atom stereocenters. The highest BCUT2D eigenvalue weighted by molar-refractivity contribution is 7.22. The first-order chi connectivity index (χ1) is 12.6. The number of nitrogens with zero attached hydrogens (tertiary/aromatic N) is 3. The molecule has 4 nitrogen and oxygen atoms in total. The van der Waals surface area contributed by atoms with Crippen LogP contribution < -0.4 is 4.90 Å². The zero-order chi connectivity index (χ0) is 18.1. The molecule has 1 aliphatic heterocycles. The zero-order valence-electron chi connectivity index (χ0n) is 14.9. The number of piperazine rings is 1. The van der Waals surface area contributed by atoms with Gasteiger partial charge in [-0.2, -0.15) is 0 Å². The monoisotopic (exact) mass is 383 g/mol. The van der Waals surface area contributed by atoms with Crippen LogP contribution in [0.15, 0.2) is 35.7 Å². The number of hydrogen-bond donors (Lipinski definition) is 0. The summed E-state index contributed by atoms with van der Waals surface area (Å²) in [5.41, 5.74) is 3.61. The SMILES string of the molecule is Cc1cc(C)c2nc(N3CCN(C(=O)C=Cc4cccs4)CC3)sc2c1. The third kappa shape index (κ3) is 3.52. The minimum absolute atomic E-state index is 0.0915. The normalized spacial score (nSPS) is 15.3. The highest BCUT2D eigenvalue weighted by atomic mass is 32.1. The van der Waals surface area contributed by atoms with Crippen molar-refractivity contribution in [2.45, 2.75) is 13.8 Å². The quantitative estimate of drug-likeness (QED) is 0.632. The van der Waals surface area contributed by atoms with Gasteiger partial charge in [0.25, 0.3) is 0 Å². The highest BCUT2D eigenvalue weighted by Gasteiger charge is 2.22. The van der Waals surface area contributed by atoms with E-state index in [0.29, 0.717) is 0 Å². The standard InChI is InChI=1S/C20H21N3OS2/c1-14-12-15(2)19-17(13-14)26-20(21-19)23-9-7-22(8-10-23)18(24)6-5-16-4-3-11-25-16/h3-6,11-13H,7-10H2,1-2H3. The van der Waals surface area contributed by atoms with Gasteiger partial charge in [-0.3, -0.25) is 4.79 Å². The number of carbonyl (C=O) groups is 1. The Morgan fingerprint density at radius 2 is 2.00 bits per heavy atom. The van der Waals surface area contributed by atoms with E-state index >= 15 is 0 Å². The fourth-order valence-corrected chi connectivity index (χ4v) is 5.07. The Kier molecular flexibility index (Phi) is 4.78. The first-order valence-corrected chi connectivity index (χ1v) is 10.4. The van der Waals surface area contributed by atoms with E-state index in [1.165, 1.54) is 15.8 Å². The van der Waals surface area contributed by atoms with Crippen LogP contribution in [0.4, 0.5) is 5.13 Å². The lowest BCUT2D eigenvalue weighted by Gasteiger charge is -2.34. The van der Waals surface area contributed by atoms with Crippen molar-refractivity contribution in [1.82, 2.24) is 9.88 Å². The smallest absolute Gasteiger partial charge is 0.246 e. The van der Waals surface area contributed by atoms with Gasteiger partial charge < -0.3 is 9.80 Å². The maximum absolute atomic E-state index is 12.4. The van der Waals surface area contributed by atoms with E-state index in [0.717, 1.165) is 41.7 Å². The first-order valence-electron chi connectivity index (χ1n) is 8.73. The molecule has 0 aliphatic carbocycles. The number of fused-ring (bicyclic) bond motifs is 1. The Morgan fingerprint density at radius 1 is 1.19 bits per heavy atom. The summed E-state index contributed by atoms with van der Waals surface area (Å²) in [6.45, 7) is 7.38. The average molecular weight is 384 g/mol. The zero-order valence-corrected chi connectivity index (χ0v) is 16.6. The molecule has 1 fully saturated rings. The Hall–Kier alpha value is -2.18. The van der Waals surface area contributed by atoms with E-state index in [9.17, 15) is 4.79 Å². The van der Waals surface area contributed by atoms with E-state index in [-0.39, 0.29) is 5.91 Å². The van der Waals surface area contributed by atoms with Crippen LogP contribution >= 0.6 is 22.7 Å². The molecule has 3 heterocycles. The van der Waals surface area contributed by atoms with Crippen molar-refractivity contribution in [1.29, 1.82) is 0 Å². The number of amides is 1. The molecule has 0 radical (unpaired) electrons. The number of rotatable bonds is 3. The summed E-state index contributed by atoms with van der Waals surface area (Å²) < 4.78 is 1.25. The van der Waals surface area contributed by atoms with E-state index < -0.39 is 0 Å². The van der Waals surface area contributed by atoms with Gasteiger partial charge in [-0.15, -0.1) is 11.3 Å². The number of hydrogen-bond acceptors (Lipinski definition) is 5. The molecule has 134 valence electrons. The topological polar surface area (TPSA) is 36.4 Å². The van der Waals surface area contributed by atoms with Crippen LogP contribution in [0, 0.1) is 13.8 Å². The molecule has 0 spiro atoms. The number of aryl methyl sites for hydroxylation is 2. The van der Waals surface area contributed by atoms with Crippen molar-refractivity contribution >= 4 is 50.0 Å². The second-order valence-electron chi connectivity index (χ2n) is 6.59. The van der Waals surface area contributed by atoms with Gasteiger partial charge in [0.1, 0.15) is 0 Å². The summed E-state index contributed by atoms with van der Waals surface area (Å²) >= 11 is 3.39. The molecule has 4 rings (SSSR count). The maximum Gasteiger partial charge on any atom is 0.246 e. The lowest BCUT2D eigenvalue weighted by Crippen LogP contribution is -2.48. The van der Waals surface area contributed by atoms with Crippen LogP contribution in [0.1, 0.15) is 16.0 Å². The molecule has 3 aromatic rings. The first kappa shape index (κ1) is 17.2. The number of benzene rings is 1. The third-order valence-electron chi connectivity index (χ3n) is 4.61. The van der Waals surface area contributed by atoms with Crippen LogP contribution in [0.25, 0.3) is 16.3 Å². The van der Waals surface area contributed by atoms with E-state index in [1.807, 2.05) is 28.5 Å². The highest BCUT2D eigenvalue weighted by Crippen LogP contribution is 2.32. The largest absolute Gasteiger partial charge is 0.345 e. The maximum atomic E-state index is 12.4. The molecule has 1 aliphatic rings. The molecule has 1 amide bonds. The molecule has 6 heteroatoms. The number of thiophene rings is 1. The van der Waals surface area contributed by atoms with Crippen LogP contribution in [-0.4, -0.2) is 42.0 Å². The molecule has 2 aromatic heterocycles. The van der Waals surface area contributed by atoms with Crippen molar-refractivity contribution in [3.63, 3.8) is 0 Å². The molecular weight excluding hydrogens is 362 g/mol. The fraction of sp³-hybridized carbons (Fsp3) is 0.300. The minimum Gasteiger partial charge on any atom is -0.345 e. The lowest BCUT2D eigenvalue weighted by atomic mass is 10.1. The van der Waals surface area contributed by atoms with E-state index in [4.69, 9.17) is 4.98 Å². The fourth-order valence-electron chi connectivity index (χ4n) is 3.26. The van der Waals surface area contributed by atoms with Crippen LogP contribution in [0.2, 0.25) is 0 Å². The number of aromatic nitrogens is 1. The predicted molar refractivity (Wildman–Crippen MR) is 111 cm³/mol. The molecule has 0 atom stereocenters. The summed E-state index contributed by atoms with van der Waals surface area (Å²) in [7, 11) is 0. The van der Waals surface area contributed by atoms with Gasteiger partial charge in [0.2, 0.25) is 5.91 Å². The molecule has 26 heavy (non-hydrogen) atoms. The van der Waals surface area contributed by atoms with Crippen LogP contribution in [0.5, 0.6) is 0 Å². The molecule has 0 N–H and O–H groups in total. The second kappa shape index (κ2) is 7.21. The number of thiazole rings is 1. The van der Waals surface area contributed by atoms with Gasteiger partial charge in [0, 0.05) is 37.1 Å². The van der Waals surface area contributed by atoms with Gasteiger partial charge in [-0.25, -0.2) is 4.98 Å². The summed E-state index contributed by atoms with van der Waals surface area (Å²) in [6, 6.07) is 8.40. The van der Waals surface area contributed by atoms with Crippen molar-refractivity contribution in [3.05, 3.63) is 51.7 Å². The summed E-state index contributed by atoms with van der Waals surface area (Å²) in [5.74, 6) is 0.0915. The lowest BCUT2D eigenvalue weighted by molar-refractivity contribution is -0.126. The Balaban J connectivity index is 1.42. The molecule has 1 saturated heterocycles. The Labute approximate surface area is 161 Å². The summed E-state index contributed by atoms with van der Waals surface area (Å²) in [4.78, 5) is 22.5. The van der Waals surface area contributed by atoms with Gasteiger partial charge >= 0.3 is 0 Å². The minimum atomic E-state index is 0.0915. The average Bonchev–Trinajstić information content (AvgIpc) is 3.29. The van der Waals surface area contributed by atoms with Crippen molar-refractivity contribution in [2.24, 2.45) is 0 Å². The van der Waals surface area contributed by atoms with Gasteiger partial charge in [0.05, 0.1) is 10.2 Å². The van der Waals surface area contributed by atoms with E-state index in [1.54, 1.807) is 28.7 Å². The van der Waals surface area contributed by atoms with Gasteiger partial charge in [-0.1, -0.05) is 23.5 Å². The Bertz CT molecular complexity index is 951. The summed E-state index contributed by atoms with van der Waals surface area (Å²) in [6.07, 6.45) is 3.59. The Morgan fingerprint density at radius 3 is 2.73 bits per heavy atom. The molecule has 1 aromatic carbocycles. The molecule has 0 saturated carbocycles. The number of carbonyl (C=O) groups excluding carboxylic acids is 1. The van der Waals surface area contributed by atoms with Crippen LogP contribution in [-0.2, 0) is 4.79 Å². The van der Waals surface area contributed by atoms with Crippen molar-refractivity contribution in [2.75, 3.05) is 31.1 Å². The van der Waals surface area contributed by atoms with Gasteiger partial charge in [0.15, 0.2) is 5.13 Å². The third-order valence-corrected chi connectivity index (χ3v) is 6.51. The summed E-state index contributed by atoms with van der Waals surface area (Å²) in [5, 5.41) is 3.08. The van der Waals surface area contributed by atoms with Gasteiger partial charge in [-0.05, 0) is 48.6 Å². The second-order valence-corrected chi connectivity index (χ2v) is 8.57. The molecular formula is C20H21N3OS2. The molecule has 0 bridgehead atoms. The predicted octanol–water partition coefficient (Wildman–Crippen LogP) is 4.34. The van der Waals surface area contributed by atoms with Crippen LogP contribution in [0.3, 0.4) is 0 Å². The van der Waals surface area contributed by atoms with Crippen molar-refractivity contribution < 1.29 is 4.79 Å². The number of anilines is 1. The van der Waals surface area contributed by atoms with Crippen molar-refractivity contribution in [3.8, 4) is 0 Å². The van der Waals surface area contributed by atoms with E-state index in [2.05, 4.69) is 30.9 Å².